The van der Waals surface area contributed by atoms with E-state index in [0.29, 0.717) is 29.7 Å². The van der Waals surface area contributed by atoms with Crippen molar-refractivity contribution in [2.75, 3.05) is 31.3 Å². The molecule has 0 radical (unpaired) electrons. The summed E-state index contributed by atoms with van der Waals surface area (Å²) in [6.07, 6.45) is 1.78. The number of sulfonamides is 1. The average Bonchev–Trinajstić information content (AvgIpc) is 3.19. The van der Waals surface area contributed by atoms with E-state index in [0.717, 1.165) is 11.3 Å². The molecule has 33 heavy (non-hydrogen) atoms. The number of benzene rings is 2. The Morgan fingerprint density at radius 1 is 1.15 bits per heavy atom. The molecule has 0 atom stereocenters. The summed E-state index contributed by atoms with van der Waals surface area (Å²) in [5, 5.41) is 3.47. The van der Waals surface area contributed by atoms with Crippen LogP contribution in [0.5, 0.6) is 5.75 Å². The lowest BCUT2D eigenvalue weighted by molar-refractivity contribution is -0.113. The summed E-state index contributed by atoms with van der Waals surface area (Å²) >= 11 is 1.30. The molecule has 1 heterocycles. The van der Waals surface area contributed by atoms with Crippen molar-refractivity contribution in [1.29, 1.82) is 0 Å². The second-order valence-corrected chi connectivity index (χ2v) is 10.0. The predicted molar refractivity (Wildman–Crippen MR) is 131 cm³/mol. The van der Waals surface area contributed by atoms with E-state index >= 15 is 0 Å². The van der Waals surface area contributed by atoms with Crippen LogP contribution in [0.25, 0.3) is 11.3 Å². The number of nitrogens with zero attached hydrogens (tertiary/aromatic N) is 3. The Bertz CT molecular complexity index is 1210. The van der Waals surface area contributed by atoms with Crippen molar-refractivity contribution >= 4 is 33.4 Å². The quantitative estimate of drug-likeness (QED) is 0.436. The molecule has 1 N–H and O–H groups in total. The van der Waals surface area contributed by atoms with Crippen LogP contribution in [-0.2, 0) is 21.9 Å². The van der Waals surface area contributed by atoms with Crippen LogP contribution in [0.4, 0.5) is 5.69 Å². The van der Waals surface area contributed by atoms with Gasteiger partial charge in [-0.1, -0.05) is 55.9 Å². The number of amides is 1. The highest BCUT2D eigenvalue weighted by molar-refractivity contribution is 7.99. The van der Waals surface area contributed by atoms with E-state index in [1.165, 1.54) is 35.3 Å². The Morgan fingerprint density at radius 3 is 2.48 bits per heavy atom. The second-order valence-electron chi connectivity index (χ2n) is 7.14. The van der Waals surface area contributed by atoms with Gasteiger partial charge in [-0.15, -0.1) is 0 Å². The van der Waals surface area contributed by atoms with Gasteiger partial charge in [0.15, 0.2) is 5.16 Å². The topological polar surface area (TPSA) is 93.5 Å². The molecule has 0 spiro atoms. The molecule has 0 unspecified atom stereocenters. The number of carbonyl (C=O) groups is 1. The number of nitrogens with one attached hydrogen (secondary N) is 1. The third-order valence-corrected chi connectivity index (χ3v) is 8.23. The number of hydrogen-bond donors (Lipinski definition) is 1. The van der Waals surface area contributed by atoms with Gasteiger partial charge in [0.25, 0.3) is 0 Å². The molecule has 0 bridgehead atoms. The molecule has 1 amide bonds. The number of methoxy groups -OCH3 is 1. The fourth-order valence-electron chi connectivity index (χ4n) is 3.38. The second kappa shape index (κ2) is 10.9. The van der Waals surface area contributed by atoms with Gasteiger partial charge in [-0.25, -0.2) is 13.4 Å². The van der Waals surface area contributed by atoms with Gasteiger partial charge in [0.1, 0.15) is 5.75 Å². The molecule has 0 saturated heterocycles. The molecule has 0 aliphatic heterocycles. The van der Waals surface area contributed by atoms with Crippen molar-refractivity contribution in [3.05, 3.63) is 54.7 Å². The smallest absolute Gasteiger partial charge is 0.243 e. The van der Waals surface area contributed by atoms with Gasteiger partial charge in [0, 0.05) is 20.1 Å². The first kappa shape index (κ1) is 24.8. The molecule has 0 aliphatic rings. The Kier molecular flexibility index (Phi) is 8.17. The Labute approximate surface area is 199 Å². The first-order chi connectivity index (χ1) is 15.8. The van der Waals surface area contributed by atoms with E-state index in [1.54, 1.807) is 26.1 Å². The van der Waals surface area contributed by atoms with Crippen LogP contribution in [-0.4, -0.2) is 54.1 Å². The van der Waals surface area contributed by atoms with Crippen LogP contribution in [0.2, 0.25) is 0 Å². The minimum Gasteiger partial charge on any atom is -0.495 e. The van der Waals surface area contributed by atoms with E-state index in [9.17, 15) is 13.2 Å². The van der Waals surface area contributed by atoms with E-state index in [4.69, 9.17) is 4.74 Å². The minimum atomic E-state index is -3.66. The van der Waals surface area contributed by atoms with Crippen LogP contribution in [0.1, 0.15) is 13.8 Å². The van der Waals surface area contributed by atoms with E-state index < -0.39 is 10.0 Å². The van der Waals surface area contributed by atoms with Crippen molar-refractivity contribution < 1.29 is 17.9 Å². The highest BCUT2D eigenvalue weighted by Crippen LogP contribution is 2.30. The maximum atomic E-state index is 12.9. The molecule has 0 saturated carbocycles. The largest absolute Gasteiger partial charge is 0.495 e. The van der Waals surface area contributed by atoms with Crippen LogP contribution < -0.4 is 10.1 Å². The molecular weight excluding hydrogens is 460 g/mol. The first-order valence-electron chi connectivity index (χ1n) is 10.5. The number of rotatable bonds is 10. The Morgan fingerprint density at radius 2 is 1.85 bits per heavy atom. The molecule has 10 heteroatoms. The highest BCUT2D eigenvalue weighted by atomic mass is 32.2. The maximum absolute atomic E-state index is 12.9. The van der Waals surface area contributed by atoms with Crippen molar-refractivity contribution in [1.82, 2.24) is 13.9 Å². The van der Waals surface area contributed by atoms with Crippen molar-refractivity contribution in [2.24, 2.45) is 7.05 Å². The summed E-state index contributed by atoms with van der Waals surface area (Å²) in [6, 6.07) is 14.3. The summed E-state index contributed by atoms with van der Waals surface area (Å²) in [5.74, 6) is 0.199. The molecule has 8 nitrogen and oxygen atoms in total. The lowest BCUT2D eigenvalue weighted by Gasteiger charge is -2.19. The number of hydrogen-bond acceptors (Lipinski definition) is 6. The molecular formula is C23H28N4O4S2. The monoisotopic (exact) mass is 488 g/mol. The lowest BCUT2D eigenvalue weighted by atomic mass is 10.2. The van der Waals surface area contributed by atoms with Crippen LogP contribution in [0, 0.1) is 0 Å². The van der Waals surface area contributed by atoms with Gasteiger partial charge in [0.2, 0.25) is 15.9 Å². The third kappa shape index (κ3) is 5.58. The van der Waals surface area contributed by atoms with Crippen molar-refractivity contribution in [3.8, 4) is 17.0 Å². The molecule has 1 aromatic heterocycles. The molecule has 0 aliphatic carbocycles. The highest BCUT2D eigenvalue weighted by Gasteiger charge is 2.23. The van der Waals surface area contributed by atoms with Crippen molar-refractivity contribution in [2.45, 2.75) is 23.9 Å². The van der Waals surface area contributed by atoms with E-state index in [1.807, 2.05) is 41.9 Å². The number of carbonyl (C=O) groups excluding carboxylic acids is 1. The summed E-state index contributed by atoms with van der Waals surface area (Å²) in [6.45, 7) is 4.28. The standard InChI is InChI=1S/C23H28N4O4S2/c1-5-27(6-2)33(29,30)18-12-13-21(31-4)19(14-18)25-22(28)16-32-23-24-15-20(26(23)3)17-10-8-7-9-11-17/h7-15H,5-6,16H2,1-4H3,(H,25,28). The predicted octanol–water partition coefficient (Wildman–Crippen LogP) is 3.86. The number of anilines is 1. The fourth-order valence-corrected chi connectivity index (χ4v) is 5.61. The number of ether oxygens (including phenoxy) is 1. The van der Waals surface area contributed by atoms with Gasteiger partial charge in [-0.3, -0.25) is 4.79 Å². The number of thioether (sulfide) groups is 1. The molecule has 2 aromatic carbocycles. The van der Waals surface area contributed by atoms with Gasteiger partial charge >= 0.3 is 0 Å². The zero-order valence-corrected chi connectivity index (χ0v) is 20.7. The Hall–Kier alpha value is -2.82. The van der Waals surface area contributed by atoms with Gasteiger partial charge in [0.05, 0.1) is 35.3 Å². The average molecular weight is 489 g/mol. The van der Waals surface area contributed by atoms with Crippen LogP contribution in [0.3, 0.4) is 0 Å². The number of imidazole rings is 1. The summed E-state index contributed by atoms with van der Waals surface area (Å²) in [5.41, 5.74) is 2.30. The van der Waals surface area contributed by atoms with E-state index in [2.05, 4.69) is 10.3 Å². The van der Waals surface area contributed by atoms with Crippen molar-refractivity contribution in [3.63, 3.8) is 0 Å². The zero-order chi connectivity index (χ0) is 24.0. The number of aromatic nitrogens is 2. The lowest BCUT2D eigenvalue weighted by Crippen LogP contribution is -2.30. The van der Waals surface area contributed by atoms with E-state index in [-0.39, 0.29) is 16.6 Å². The van der Waals surface area contributed by atoms with Crippen LogP contribution in [0.15, 0.2) is 64.8 Å². The maximum Gasteiger partial charge on any atom is 0.243 e. The Balaban J connectivity index is 1.74. The van der Waals surface area contributed by atoms with Gasteiger partial charge in [-0.05, 0) is 23.8 Å². The molecule has 3 aromatic rings. The molecule has 0 fully saturated rings. The summed E-state index contributed by atoms with van der Waals surface area (Å²) < 4.78 is 34.3. The third-order valence-electron chi connectivity index (χ3n) is 5.14. The normalized spacial score (nSPS) is 11.5. The van der Waals surface area contributed by atoms with Gasteiger partial charge in [-0.2, -0.15) is 4.31 Å². The first-order valence-corrected chi connectivity index (χ1v) is 12.9. The fraction of sp³-hybridized carbons (Fsp3) is 0.304. The molecule has 176 valence electrons. The SMILES string of the molecule is CCN(CC)S(=O)(=O)c1ccc(OC)c(NC(=O)CSc2ncc(-c3ccccc3)n2C)c1. The summed E-state index contributed by atoms with van der Waals surface area (Å²) in [7, 11) is -0.289. The zero-order valence-electron chi connectivity index (χ0n) is 19.1. The molecule has 3 rings (SSSR count). The minimum absolute atomic E-state index is 0.103. The van der Waals surface area contributed by atoms with Gasteiger partial charge < -0.3 is 14.6 Å². The van der Waals surface area contributed by atoms with Crippen LogP contribution >= 0.6 is 11.8 Å². The summed E-state index contributed by atoms with van der Waals surface area (Å²) in [4.78, 5) is 17.2.